The van der Waals surface area contributed by atoms with Crippen LogP contribution in [0.4, 0.5) is 0 Å². The van der Waals surface area contributed by atoms with Gasteiger partial charge < -0.3 is 26.0 Å². The number of carboxylic acids is 1. The smallest absolute Gasteiger partial charge is 0.387 e. The fraction of sp³-hybridized carbons (Fsp3) is 0.625. The van der Waals surface area contributed by atoms with E-state index in [1.165, 1.54) is 0 Å². The summed E-state index contributed by atoms with van der Waals surface area (Å²) in [6.45, 7) is 0. The highest BCUT2D eigenvalue weighted by atomic mass is 32.1. The molecule has 0 aromatic heterocycles. The van der Waals surface area contributed by atoms with Crippen molar-refractivity contribution in [2.45, 2.75) is 18.4 Å². The Hall–Kier alpha value is -0.970. The molecule has 0 radical (unpaired) electrons. The van der Waals surface area contributed by atoms with E-state index in [1.807, 2.05) is 0 Å². The Morgan fingerprint density at radius 2 is 1.33 bits per heavy atom. The molecule has 18 heavy (non-hydrogen) atoms. The molecule has 0 heterocycles. The maximum Gasteiger partial charge on any atom is 0.387 e. The number of rotatable bonds is 7. The molecule has 104 valence electrons. The molecule has 0 unspecified atom stereocenters. The van der Waals surface area contributed by atoms with Crippen LogP contribution in [-0.4, -0.2) is 52.9 Å². The molecular formula is C8H14N2O6S2. The number of ether oxygens (including phenoxy) is 2. The average molecular weight is 298 g/mol. The van der Waals surface area contributed by atoms with Gasteiger partial charge in [-0.2, -0.15) is 25.3 Å². The second-order valence-electron chi connectivity index (χ2n) is 3.12. The SMILES string of the molecule is N[C@@H](CS)C(=O)OC(OC(=O)[C@@H](N)CS)C(=O)O. The maximum absolute atomic E-state index is 11.2. The van der Waals surface area contributed by atoms with Crippen molar-refractivity contribution in [2.75, 3.05) is 11.5 Å². The number of carbonyl (C=O) groups excluding carboxylic acids is 2. The lowest BCUT2D eigenvalue weighted by atomic mass is 10.3. The molecule has 0 aromatic carbocycles. The quantitative estimate of drug-likeness (QED) is 0.206. The summed E-state index contributed by atoms with van der Waals surface area (Å²) in [6.07, 6.45) is -2.10. The van der Waals surface area contributed by atoms with E-state index in [2.05, 4.69) is 34.7 Å². The van der Waals surface area contributed by atoms with E-state index in [-0.39, 0.29) is 11.5 Å². The van der Waals surface area contributed by atoms with Gasteiger partial charge in [0.25, 0.3) is 0 Å². The molecule has 5 N–H and O–H groups in total. The van der Waals surface area contributed by atoms with Gasteiger partial charge in [0.2, 0.25) is 0 Å². The van der Waals surface area contributed by atoms with Gasteiger partial charge in [0.05, 0.1) is 0 Å². The summed E-state index contributed by atoms with van der Waals surface area (Å²) in [4.78, 5) is 33.1. The van der Waals surface area contributed by atoms with E-state index in [0.29, 0.717) is 0 Å². The van der Waals surface area contributed by atoms with Crippen LogP contribution in [0.25, 0.3) is 0 Å². The number of thiol groups is 2. The number of nitrogens with two attached hydrogens (primary N) is 2. The van der Waals surface area contributed by atoms with Gasteiger partial charge in [0.1, 0.15) is 12.1 Å². The standard InChI is InChI=1S/C8H14N2O6S2/c9-3(1-17)6(13)15-8(5(11)12)16-7(14)4(10)2-18/h3-4,8,17-18H,1-2,9-10H2,(H,11,12)/t3-,4-/m0/s1. The molecule has 0 rings (SSSR count). The molecular weight excluding hydrogens is 284 g/mol. The largest absolute Gasteiger partial charge is 0.476 e. The van der Waals surface area contributed by atoms with Crippen molar-refractivity contribution >= 4 is 43.2 Å². The number of carboxylic acid groups (broad SMARTS) is 1. The molecule has 10 heteroatoms. The minimum atomic E-state index is -2.10. The lowest BCUT2D eigenvalue weighted by molar-refractivity contribution is -0.201. The third-order valence-corrected chi connectivity index (χ3v) is 2.43. The van der Waals surface area contributed by atoms with Gasteiger partial charge in [-0.05, 0) is 0 Å². The van der Waals surface area contributed by atoms with Gasteiger partial charge in [-0.1, -0.05) is 0 Å². The predicted octanol–water partition coefficient (Wildman–Crippen LogP) is -2.00. The van der Waals surface area contributed by atoms with Crippen LogP contribution in [0.1, 0.15) is 0 Å². The van der Waals surface area contributed by atoms with Gasteiger partial charge in [-0.15, -0.1) is 0 Å². The van der Waals surface area contributed by atoms with Crippen molar-refractivity contribution < 1.29 is 29.0 Å². The van der Waals surface area contributed by atoms with Crippen LogP contribution in [0.2, 0.25) is 0 Å². The summed E-state index contributed by atoms with van der Waals surface area (Å²) in [5, 5.41) is 8.71. The second-order valence-corrected chi connectivity index (χ2v) is 3.85. The zero-order valence-electron chi connectivity index (χ0n) is 9.18. The van der Waals surface area contributed by atoms with Crippen LogP contribution in [-0.2, 0) is 23.9 Å². The summed E-state index contributed by atoms with van der Waals surface area (Å²) in [5.41, 5.74) is 10.5. The first-order chi connectivity index (χ1) is 8.33. The van der Waals surface area contributed by atoms with E-state index < -0.39 is 36.3 Å². The van der Waals surface area contributed by atoms with Crippen LogP contribution in [0.15, 0.2) is 0 Å². The highest BCUT2D eigenvalue weighted by Gasteiger charge is 2.30. The number of aliphatic carboxylic acids is 1. The minimum absolute atomic E-state index is 0.0464. The highest BCUT2D eigenvalue weighted by molar-refractivity contribution is 7.80. The highest BCUT2D eigenvalue weighted by Crippen LogP contribution is 2.02. The monoisotopic (exact) mass is 298 g/mol. The zero-order chi connectivity index (χ0) is 14.3. The molecule has 0 aliphatic rings. The van der Waals surface area contributed by atoms with E-state index in [9.17, 15) is 14.4 Å². The fourth-order valence-corrected chi connectivity index (χ4v) is 0.958. The van der Waals surface area contributed by atoms with Crippen molar-refractivity contribution in [3.05, 3.63) is 0 Å². The Labute approximate surface area is 114 Å². The van der Waals surface area contributed by atoms with E-state index in [1.54, 1.807) is 0 Å². The minimum Gasteiger partial charge on any atom is -0.476 e. The van der Waals surface area contributed by atoms with Crippen molar-refractivity contribution in [1.29, 1.82) is 0 Å². The second kappa shape index (κ2) is 8.19. The number of esters is 2. The van der Waals surface area contributed by atoms with Crippen molar-refractivity contribution in [3.8, 4) is 0 Å². The van der Waals surface area contributed by atoms with Gasteiger partial charge in [-0.25, -0.2) is 4.79 Å². The van der Waals surface area contributed by atoms with Crippen LogP contribution in [0.5, 0.6) is 0 Å². The Kier molecular flexibility index (Phi) is 7.75. The molecule has 2 atom stereocenters. The van der Waals surface area contributed by atoms with Crippen molar-refractivity contribution in [1.82, 2.24) is 0 Å². The lowest BCUT2D eigenvalue weighted by Gasteiger charge is -2.17. The normalized spacial score (nSPS) is 13.8. The van der Waals surface area contributed by atoms with E-state index in [4.69, 9.17) is 16.6 Å². The Morgan fingerprint density at radius 1 is 1.00 bits per heavy atom. The van der Waals surface area contributed by atoms with Crippen LogP contribution >= 0.6 is 25.3 Å². The van der Waals surface area contributed by atoms with Crippen LogP contribution in [0.3, 0.4) is 0 Å². The maximum atomic E-state index is 11.2. The topological polar surface area (TPSA) is 142 Å². The zero-order valence-corrected chi connectivity index (χ0v) is 11.0. The predicted molar refractivity (Wildman–Crippen MR) is 67.3 cm³/mol. The van der Waals surface area contributed by atoms with Crippen molar-refractivity contribution in [3.63, 3.8) is 0 Å². The summed E-state index contributed by atoms with van der Waals surface area (Å²) >= 11 is 7.47. The Bertz CT molecular complexity index is 303. The molecule has 0 saturated carbocycles. The van der Waals surface area contributed by atoms with E-state index >= 15 is 0 Å². The molecule has 8 nitrogen and oxygen atoms in total. The molecule has 0 amide bonds. The fourth-order valence-electron chi connectivity index (χ4n) is 0.660. The summed E-state index contributed by atoms with van der Waals surface area (Å²) < 4.78 is 8.79. The van der Waals surface area contributed by atoms with Gasteiger partial charge in [-0.3, -0.25) is 9.59 Å². The van der Waals surface area contributed by atoms with Crippen LogP contribution in [0, 0.1) is 0 Å². The summed E-state index contributed by atoms with van der Waals surface area (Å²) in [5.74, 6) is -3.85. The first kappa shape index (κ1) is 17.0. The summed E-state index contributed by atoms with van der Waals surface area (Å²) in [7, 11) is 0. The average Bonchev–Trinajstić information content (AvgIpc) is 2.35. The molecule has 0 aliphatic carbocycles. The van der Waals surface area contributed by atoms with Crippen LogP contribution < -0.4 is 11.5 Å². The Balaban J connectivity index is 4.55. The third kappa shape index (κ3) is 5.58. The molecule has 0 aliphatic heterocycles. The van der Waals surface area contributed by atoms with Gasteiger partial charge in [0.15, 0.2) is 0 Å². The number of hydrogen-bond acceptors (Lipinski definition) is 9. The van der Waals surface area contributed by atoms with Crippen molar-refractivity contribution in [2.24, 2.45) is 11.5 Å². The first-order valence-electron chi connectivity index (χ1n) is 4.70. The number of hydrogen-bond donors (Lipinski definition) is 5. The molecule has 0 saturated heterocycles. The lowest BCUT2D eigenvalue weighted by Crippen LogP contribution is -2.43. The molecule has 0 bridgehead atoms. The first-order valence-corrected chi connectivity index (χ1v) is 5.96. The number of carbonyl (C=O) groups is 3. The molecule has 0 fully saturated rings. The summed E-state index contributed by atoms with van der Waals surface area (Å²) in [6, 6.07) is -2.24. The molecule has 0 spiro atoms. The van der Waals surface area contributed by atoms with Gasteiger partial charge in [0, 0.05) is 11.5 Å². The van der Waals surface area contributed by atoms with Gasteiger partial charge >= 0.3 is 24.2 Å². The van der Waals surface area contributed by atoms with E-state index in [0.717, 1.165) is 0 Å². The molecule has 0 aromatic rings. The third-order valence-electron chi connectivity index (χ3n) is 1.65. The Morgan fingerprint density at radius 3 is 1.56 bits per heavy atom.